The molecule has 2 heterocycles. The lowest BCUT2D eigenvalue weighted by molar-refractivity contribution is -0.137. The van der Waals surface area contributed by atoms with Crippen molar-refractivity contribution in [2.24, 2.45) is 5.92 Å². The molecule has 1 aliphatic carbocycles. The van der Waals surface area contributed by atoms with E-state index in [1.165, 1.54) is 9.80 Å². The fraction of sp³-hybridized carbons (Fsp3) is 0.412. The van der Waals surface area contributed by atoms with Crippen LogP contribution in [0, 0.1) is 5.92 Å². The Hall–Kier alpha value is -4.19. The maximum Gasteiger partial charge on any atom is 0.317 e. The Labute approximate surface area is 274 Å². The average Bonchev–Trinajstić information content (AvgIpc) is 3.02. The molecule has 0 radical (unpaired) electrons. The van der Waals surface area contributed by atoms with Gasteiger partial charge >= 0.3 is 17.8 Å². The summed E-state index contributed by atoms with van der Waals surface area (Å²) in [6, 6.07) is 10.4. The number of nitrogens with zero attached hydrogens (tertiary/aromatic N) is 5. The van der Waals surface area contributed by atoms with Crippen molar-refractivity contribution >= 4 is 58.0 Å². The number of carbonyl (C=O) groups is 4. The van der Waals surface area contributed by atoms with Crippen LogP contribution in [0.2, 0.25) is 5.02 Å². The van der Waals surface area contributed by atoms with E-state index in [-0.39, 0.29) is 62.0 Å². The molecule has 1 N–H and O–H groups in total. The predicted molar refractivity (Wildman–Crippen MR) is 179 cm³/mol. The van der Waals surface area contributed by atoms with Crippen molar-refractivity contribution in [1.29, 1.82) is 0 Å². The van der Waals surface area contributed by atoms with Gasteiger partial charge in [0.25, 0.3) is 0 Å². The van der Waals surface area contributed by atoms with E-state index >= 15 is 0 Å². The topological polar surface area (TPSA) is 114 Å². The molecule has 2 saturated heterocycles. The second-order valence-corrected chi connectivity index (χ2v) is 12.1. The van der Waals surface area contributed by atoms with E-state index in [4.69, 9.17) is 16.3 Å². The van der Waals surface area contributed by atoms with Gasteiger partial charge in [0.05, 0.1) is 29.3 Å². The molecule has 2 aromatic carbocycles. The second kappa shape index (κ2) is 14.5. The molecule has 3 amide bonds. The minimum Gasteiger partial charge on any atom is -0.422 e. The van der Waals surface area contributed by atoms with Crippen LogP contribution >= 0.6 is 11.6 Å². The van der Waals surface area contributed by atoms with Gasteiger partial charge in [-0.3, -0.25) is 29.0 Å². The van der Waals surface area contributed by atoms with Crippen molar-refractivity contribution in [3.8, 4) is 5.75 Å². The molecule has 1 saturated carbocycles. The fourth-order valence-corrected chi connectivity index (χ4v) is 6.46. The predicted octanol–water partition coefficient (Wildman–Crippen LogP) is 3.63. The van der Waals surface area contributed by atoms with Crippen LogP contribution in [0.3, 0.4) is 0 Å². The quantitative estimate of drug-likeness (QED) is 0.161. The van der Waals surface area contributed by atoms with E-state index in [0.29, 0.717) is 48.3 Å². The first-order valence-corrected chi connectivity index (χ1v) is 16.0. The number of hydrogen-bond donors (Lipinski definition) is 1. The smallest absolute Gasteiger partial charge is 0.317 e. The Bertz CT molecular complexity index is 1520. The summed E-state index contributed by atoms with van der Waals surface area (Å²) in [5, 5.41) is 9.81. The zero-order valence-corrected chi connectivity index (χ0v) is 26.8. The van der Waals surface area contributed by atoms with E-state index in [2.05, 4.69) is 18.1 Å². The van der Waals surface area contributed by atoms with Crippen molar-refractivity contribution in [3.63, 3.8) is 0 Å². The van der Waals surface area contributed by atoms with Crippen LogP contribution < -0.4 is 24.3 Å². The summed E-state index contributed by atoms with van der Waals surface area (Å²) in [6.45, 7) is 11.9. The molecular weight excluding hydrogens is 610 g/mol. The largest absolute Gasteiger partial charge is 0.422 e. The number of aliphatic hydroxyl groups is 1. The third-order valence-corrected chi connectivity index (χ3v) is 9.02. The summed E-state index contributed by atoms with van der Waals surface area (Å²) in [4.78, 5) is 62.0. The molecule has 3 aliphatic rings. The minimum atomic E-state index is -0.804. The molecule has 5 rings (SSSR count). The number of aliphatic hydroxyl groups excluding tert-OH is 1. The number of carbonyl (C=O) groups excluding carboxylic acids is 4. The second-order valence-electron chi connectivity index (χ2n) is 11.7. The Morgan fingerprint density at radius 1 is 0.957 bits per heavy atom. The Morgan fingerprint density at radius 2 is 1.57 bits per heavy atom. The SMILES string of the molecule is C=CCN(CC=C)c1ccc(Cl)cc1N1CCN(c2cccc(N3CCN(C4CC(CO)C4)CC3=O)c2OC(=O)CC)C(=O)C1=O. The van der Waals surface area contributed by atoms with Crippen LogP contribution in [-0.2, 0) is 19.2 Å². The van der Waals surface area contributed by atoms with Crippen molar-refractivity contribution in [3.05, 3.63) is 66.7 Å². The van der Waals surface area contributed by atoms with Gasteiger partial charge in [0.1, 0.15) is 0 Å². The summed E-state index contributed by atoms with van der Waals surface area (Å²) in [7, 11) is 0. The van der Waals surface area contributed by atoms with Crippen LogP contribution in [0.5, 0.6) is 5.75 Å². The molecule has 46 heavy (non-hydrogen) atoms. The number of piperazine rings is 2. The molecule has 0 bridgehead atoms. The number of para-hydroxylation sites is 1. The normalized spacial score (nSPS) is 20.4. The van der Waals surface area contributed by atoms with Crippen LogP contribution in [-0.4, -0.2) is 92.2 Å². The zero-order valence-electron chi connectivity index (χ0n) is 26.1. The first-order valence-electron chi connectivity index (χ1n) is 15.6. The molecule has 244 valence electrons. The van der Waals surface area contributed by atoms with Gasteiger partial charge in [-0.2, -0.15) is 0 Å². The lowest BCUT2D eigenvalue weighted by atomic mass is 9.79. The maximum atomic E-state index is 13.8. The fourth-order valence-electron chi connectivity index (χ4n) is 6.29. The number of rotatable bonds is 12. The van der Waals surface area contributed by atoms with Crippen molar-refractivity contribution in [2.45, 2.75) is 32.2 Å². The van der Waals surface area contributed by atoms with E-state index in [1.54, 1.807) is 60.4 Å². The molecule has 12 heteroatoms. The van der Waals surface area contributed by atoms with Gasteiger partial charge < -0.3 is 24.5 Å². The molecule has 0 atom stereocenters. The van der Waals surface area contributed by atoms with Gasteiger partial charge in [0.2, 0.25) is 5.91 Å². The summed E-state index contributed by atoms with van der Waals surface area (Å²) in [6.07, 6.45) is 5.27. The third kappa shape index (κ3) is 6.67. The number of amides is 3. The molecular formula is C34H40ClN5O6. The zero-order chi connectivity index (χ0) is 33.0. The van der Waals surface area contributed by atoms with Gasteiger partial charge in [0, 0.05) is 63.4 Å². The summed E-state index contributed by atoms with van der Waals surface area (Å²) in [5.41, 5.74) is 1.80. The number of benzene rings is 2. The Morgan fingerprint density at radius 3 is 2.15 bits per heavy atom. The Kier molecular flexibility index (Phi) is 10.5. The lowest BCUT2D eigenvalue weighted by Crippen LogP contribution is -2.57. The van der Waals surface area contributed by atoms with Crippen molar-refractivity contribution in [2.75, 3.05) is 72.0 Å². The standard InChI is InChI=1S/C34H40ClN5O6/c1-4-12-36(13-5-2)26-11-10-24(35)20-29(26)40-17-16-39(33(44)34(40)45)28-9-7-8-27(32(28)46-31(43)6-3)38-15-14-37(21-30(38)42)25-18-23(19-25)22-41/h4-5,7-11,20,23,25,41H,1-2,6,12-19,21-22H2,3H3. The maximum absolute atomic E-state index is 13.8. The molecule has 0 aromatic heterocycles. The first-order chi connectivity index (χ1) is 22.2. The van der Waals surface area contributed by atoms with Crippen LogP contribution in [0.1, 0.15) is 26.2 Å². The lowest BCUT2D eigenvalue weighted by Gasteiger charge is -2.45. The number of anilines is 4. The number of ether oxygens (including phenoxy) is 1. The average molecular weight is 650 g/mol. The molecule has 0 unspecified atom stereocenters. The van der Waals surface area contributed by atoms with E-state index in [0.717, 1.165) is 12.8 Å². The summed E-state index contributed by atoms with van der Waals surface area (Å²) in [5.74, 6) is -1.91. The van der Waals surface area contributed by atoms with Gasteiger partial charge in [-0.25, -0.2) is 0 Å². The highest BCUT2D eigenvalue weighted by molar-refractivity contribution is 6.46. The molecule has 11 nitrogen and oxygen atoms in total. The van der Waals surface area contributed by atoms with E-state index < -0.39 is 17.8 Å². The number of esters is 1. The first kappa shape index (κ1) is 33.2. The van der Waals surface area contributed by atoms with E-state index in [1.807, 2.05) is 4.90 Å². The number of hydrogen-bond acceptors (Lipinski definition) is 8. The molecule has 3 fully saturated rings. The molecule has 2 aromatic rings. The van der Waals surface area contributed by atoms with Gasteiger partial charge in [-0.15, -0.1) is 13.2 Å². The number of halogens is 1. The van der Waals surface area contributed by atoms with Gasteiger partial charge in [-0.1, -0.05) is 36.7 Å². The monoisotopic (exact) mass is 649 g/mol. The van der Waals surface area contributed by atoms with Gasteiger partial charge in [-0.05, 0) is 49.1 Å². The summed E-state index contributed by atoms with van der Waals surface area (Å²) >= 11 is 6.35. The highest BCUT2D eigenvalue weighted by atomic mass is 35.5. The highest BCUT2D eigenvalue weighted by Gasteiger charge is 2.40. The van der Waals surface area contributed by atoms with Crippen LogP contribution in [0.4, 0.5) is 22.7 Å². The molecule has 2 aliphatic heterocycles. The van der Waals surface area contributed by atoms with Crippen LogP contribution in [0.15, 0.2) is 61.7 Å². The summed E-state index contributed by atoms with van der Waals surface area (Å²) < 4.78 is 5.80. The van der Waals surface area contributed by atoms with Gasteiger partial charge in [0.15, 0.2) is 5.75 Å². The Balaban J connectivity index is 1.43. The van der Waals surface area contributed by atoms with Crippen molar-refractivity contribution < 1.29 is 29.0 Å². The highest BCUT2D eigenvalue weighted by Crippen LogP contribution is 2.42. The molecule has 0 spiro atoms. The van der Waals surface area contributed by atoms with E-state index in [9.17, 15) is 24.3 Å². The van der Waals surface area contributed by atoms with Crippen molar-refractivity contribution in [1.82, 2.24) is 4.90 Å². The van der Waals surface area contributed by atoms with Crippen LogP contribution in [0.25, 0.3) is 0 Å². The third-order valence-electron chi connectivity index (χ3n) is 8.78. The minimum absolute atomic E-state index is 0.0707.